The molecule has 2 N–H and O–H groups in total. The number of anilines is 1. The van der Waals surface area contributed by atoms with E-state index in [1.165, 1.54) is 31.4 Å². The number of fused-ring (bicyclic) bond motifs is 1. The van der Waals surface area contributed by atoms with Gasteiger partial charge < -0.3 is 10.3 Å². The van der Waals surface area contributed by atoms with Gasteiger partial charge in [0.2, 0.25) is 0 Å². The third kappa shape index (κ3) is 2.75. The molecule has 0 bridgehead atoms. The first-order valence-electron chi connectivity index (χ1n) is 7.25. The van der Waals surface area contributed by atoms with Gasteiger partial charge in [-0.2, -0.15) is 0 Å². The van der Waals surface area contributed by atoms with E-state index in [2.05, 4.69) is 47.3 Å². The molecule has 1 aliphatic carbocycles. The molecule has 3 heteroatoms. The van der Waals surface area contributed by atoms with Crippen molar-refractivity contribution in [2.75, 3.05) is 5.32 Å². The first-order valence-corrected chi connectivity index (χ1v) is 7.25. The number of rotatable bonds is 2. The first-order chi connectivity index (χ1) is 9.02. The molecule has 0 amide bonds. The predicted octanol–water partition coefficient (Wildman–Crippen LogP) is 4.25. The van der Waals surface area contributed by atoms with Crippen LogP contribution >= 0.6 is 0 Å². The summed E-state index contributed by atoms with van der Waals surface area (Å²) in [6.45, 7) is 6.75. The summed E-state index contributed by atoms with van der Waals surface area (Å²) in [6, 6.07) is 7.03. The molecule has 1 heterocycles. The Morgan fingerprint density at radius 3 is 2.74 bits per heavy atom. The first kappa shape index (κ1) is 12.5. The standard InChI is InChI=1S/C16H23N3/c1-11-17-14-5-4-13(10-15(14)18-11)19-12-6-8-16(2,3)9-7-12/h4-5,10,12,19H,6-9H2,1-3H3,(H,17,18). The van der Waals surface area contributed by atoms with Crippen molar-refractivity contribution < 1.29 is 0 Å². The zero-order valence-electron chi connectivity index (χ0n) is 12.1. The molecule has 19 heavy (non-hydrogen) atoms. The van der Waals surface area contributed by atoms with Gasteiger partial charge in [0.05, 0.1) is 11.0 Å². The summed E-state index contributed by atoms with van der Waals surface area (Å²) >= 11 is 0. The van der Waals surface area contributed by atoms with E-state index in [1.54, 1.807) is 0 Å². The minimum Gasteiger partial charge on any atom is -0.382 e. The molecule has 1 fully saturated rings. The monoisotopic (exact) mass is 257 g/mol. The van der Waals surface area contributed by atoms with Crippen LogP contribution in [-0.4, -0.2) is 16.0 Å². The van der Waals surface area contributed by atoms with Crippen LogP contribution in [0.5, 0.6) is 0 Å². The third-order valence-electron chi connectivity index (χ3n) is 4.31. The number of hydrogen-bond donors (Lipinski definition) is 2. The van der Waals surface area contributed by atoms with Crippen LogP contribution in [0.3, 0.4) is 0 Å². The summed E-state index contributed by atoms with van der Waals surface area (Å²) in [7, 11) is 0. The van der Waals surface area contributed by atoms with Crippen LogP contribution < -0.4 is 5.32 Å². The van der Waals surface area contributed by atoms with Crippen molar-refractivity contribution in [2.45, 2.75) is 52.5 Å². The minimum absolute atomic E-state index is 0.530. The number of nitrogens with zero attached hydrogens (tertiary/aromatic N) is 1. The fraction of sp³-hybridized carbons (Fsp3) is 0.562. The van der Waals surface area contributed by atoms with Crippen molar-refractivity contribution in [3.8, 4) is 0 Å². The summed E-state index contributed by atoms with van der Waals surface area (Å²) in [5.74, 6) is 0.978. The van der Waals surface area contributed by atoms with Gasteiger partial charge in [-0.1, -0.05) is 13.8 Å². The van der Waals surface area contributed by atoms with Crippen molar-refractivity contribution in [2.24, 2.45) is 5.41 Å². The van der Waals surface area contributed by atoms with Crippen molar-refractivity contribution in [1.29, 1.82) is 0 Å². The Morgan fingerprint density at radius 2 is 2.00 bits per heavy atom. The lowest BCUT2D eigenvalue weighted by Gasteiger charge is -2.35. The quantitative estimate of drug-likeness (QED) is 0.844. The van der Waals surface area contributed by atoms with Crippen LogP contribution in [-0.2, 0) is 0 Å². The molecule has 1 aliphatic rings. The van der Waals surface area contributed by atoms with Gasteiger partial charge in [0, 0.05) is 11.7 Å². The maximum absolute atomic E-state index is 4.44. The number of nitrogens with one attached hydrogen (secondary N) is 2. The number of aryl methyl sites for hydroxylation is 1. The van der Waals surface area contributed by atoms with Gasteiger partial charge in [-0.3, -0.25) is 0 Å². The molecule has 0 spiro atoms. The average Bonchev–Trinajstić information content (AvgIpc) is 2.71. The maximum Gasteiger partial charge on any atom is 0.104 e. The van der Waals surface area contributed by atoms with Crippen molar-refractivity contribution in [1.82, 2.24) is 9.97 Å². The van der Waals surface area contributed by atoms with Crippen LogP contribution in [0.15, 0.2) is 18.2 Å². The Hall–Kier alpha value is -1.51. The summed E-state index contributed by atoms with van der Waals surface area (Å²) in [4.78, 5) is 7.73. The van der Waals surface area contributed by atoms with Crippen LogP contribution in [0.25, 0.3) is 11.0 Å². The zero-order chi connectivity index (χ0) is 13.5. The SMILES string of the molecule is Cc1nc2ccc(NC3CCC(C)(C)CC3)cc2[nH]1. The highest BCUT2D eigenvalue weighted by molar-refractivity contribution is 5.79. The summed E-state index contributed by atoms with van der Waals surface area (Å²) in [6.07, 6.45) is 5.17. The van der Waals surface area contributed by atoms with Crippen LogP contribution in [0.2, 0.25) is 0 Å². The molecular weight excluding hydrogens is 234 g/mol. The number of aromatic nitrogens is 2. The highest BCUT2D eigenvalue weighted by Crippen LogP contribution is 2.36. The molecule has 3 rings (SSSR count). The molecule has 0 aliphatic heterocycles. The Labute approximate surface area is 114 Å². The molecule has 102 valence electrons. The molecule has 0 radical (unpaired) electrons. The number of H-pyrrole nitrogens is 1. The van der Waals surface area contributed by atoms with Crippen LogP contribution in [0, 0.1) is 12.3 Å². The highest BCUT2D eigenvalue weighted by atomic mass is 14.9. The predicted molar refractivity (Wildman–Crippen MR) is 80.5 cm³/mol. The van der Waals surface area contributed by atoms with Gasteiger partial charge in [-0.05, 0) is 56.2 Å². The lowest BCUT2D eigenvalue weighted by atomic mass is 9.75. The Morgan fingerprint density at radius 1 is 1.26 bits per heavy atom. The van der Waals surface area contributed by atoms with E-state index in [-0.39, 0.29) is 0 Å². The molecule has 2 aromatic rings. The average molecular weight is 257 g/mol. The molecule has 3 nitrogen and oxygen atoms in total. The molecule has 0 unspecified atom stereocenters. The van der Waals surface area contributed by atoms with Crippen LogP contribution in [0.1, 0.15) is 45.4 Å². The van der Waals surface area contributed by atoms with E-state index in [1.807, 2.05) is 6.92 Å². The van der Waals surface area contributed by atoms with E-state index in [4.69, 9.17) is 0 Å². The second-order valence-corrected chi connectivity index (χ2v) is 6.64. The highest BCUT2D eigenvalue weighted by Gasteiger charge is 2.26. The summed E-state index contributed by atoms with van der Waals surface area (Å²) in [5.41, 5.74) is 3.91. The molecule has 0 atom stereocenters. The Bertz CT molecular complexity index is 573. The fourth-order valence-corrected chi connectivity index (χ4v) is 3.01. The molecule has 1 saturated carbocycles. The fourth-order valence-electron chi connectivity index (χ4n) is 3.01. The number of hydrogen-bond acceptors (Lipinski definition) is 2. The maximum atomic E-state index is 4.44. The summed E-state index contributed by atoms with van der Waals surface area (Å²) < 4.78 is 0. The lowest BCUT2D eigenvalue weighted by Crippen LogP contribution is -2.29. The number of imidazole rings is 1. The Kier molecular flexibility index (Phi) is 3.00. The van der Waals surface area contributed by atoms with Crippen molar-refractivity contribution in [3.05, 3.63) is 24.0 Å². The molecule has 1 aromatic carbocycles. The zero-order valence-corrected chi connectivity index (χ0v) is 12.1. The van der Waals surface area contributed by atoms with Gasteiger partial charge in [0.25, 0.3) is 0 Å². The minimum atomic E-state index is 0.530. The topological polar surface area (TPSA) is 40.7 Å². The van der Waals surface area contributed by atoms with Crippen molar-refractivity contribution in [3.63, 3.8) is 0 Å². The van der Waals surface area contributed by atoms with Gasteiger partial charge in [-0.15, -0.1) is 0 Å². The molecule has 1 aromatic heterocycles. The smallest absolute Gasteiger partial charge is 0.104 e. The van der Waals surface area contributed by atoms with E-state index >= 15 is 0 Å². The largest absolute Gasteiger partial charge is 0.382 e. The number of aromatic amines is 1. The van der Waals surface area contributed by atoms with E-state index in [9.17, 15) is 0 Å². The van der Waals surface area contributed by atoms with Crippen molar-refractivity contribution >= 4 is 16.7 Å². The van der Waals surface area contributed by atoms with E-state index in [0.29, 0.717) is 11.5 Å². The second kappa shape index (κ2) is 4.55. The van der Waals surface area contributed by atoms with Gasteiger partial charge in [0.15, 0.2) is 0 Å². The molecular formula is C16H23N3. The molecule has 0 saturated heterocycles. The summed E-state index contributed by atoms with van der Waals surface area (Å²) in [5, 5.41) is 3.67. The van der Waals surface area contributed by atoms with E-state index in [0.717, 1.165) is 16.9 Å². The lowest BCUT2D eigenvalue weighted by molar-refractivity contribution is 0.232. The van der Waals surface area contributed by atoms with Crippen LogP contribution in [0.4, 0.5) is 5.69 Å². The van der Waals surface area contributed by atoms with Gasteiger partial charge in [-0.25, -0.2) is 4.98 Å². The normalized spacial score (nSPS) is 19.7. The van der Waals surface area contributed by atoms with E-state index < -0.39 is 0 Å². The van der Waals surface area contributed by atoms with Gasteiger partial charge in [0.1, 0.15) is 5.82 Å². The third-order valence-corrected chi connectivity index (χ3v) is 4.31. The van der Waals surface area contributed by atoms with Gasteiger partial charge >= 0.3 is 0 Å². The Balaban J connectivity index is 1.71. The number of benzene rings is 1. The second-order valence-electron chi connectivity index (χ2n) is 6.64.